The number of amides is 1. The molecule has 0 radical (unpaired) electrons. The number of hydrogen-bond acceptors (Lipinski definition) is 2. The van der Waals surface area contributed by atoms with Gasteiger partial charge in [-0.05, 0) is 85.6 Å². The Labute approximate surface area is 216 Å². The molecule has 1 aromatic heterocycles. The first kappa shape index (κ1) is 26.0. The lowest BCUT2D eigenvalue weighted by molar-refractivity contribution is -0.136. The van der Waals surface area contributed by atoms with Crippen LogP contribution < -0.4 is 0 Å². The van der Waals surface area contributed by atoms with Crippen LogP contribution in [0, 0.1) is 22.7 Å². The molecule has 2 heterocycles. The van der Waals surface area contributed by atoms with E-state index >= 15 is 0 Å². The Hall–Kier alpha value is -3.06. The number of nitrogens with zero attached hydrogens (tertiary/aromatic N) is 2. The highest BCUT2D eigenvalue weighted by molar-refractivity contribution is 5.92. The first-order valence-corrected chi connectivity index (χ1v) is 13.6. The number of piperidine rings is 1. The number of fused-ring (bicyclic) bond motifs is 1. The van der Waals surface area contributed by atoms with Gasteiger partial charge in [0.1, 0.15) is 5.41 Å². The minimum atomic E-state index is -0.710. The number of allylic oxidation sites excluding steroid dienone is 5. The van der Waals surface area contributed by atoms with E-state index in [1.54, 1.807) is 0 Å². The van der Waals surface area contributed by atoms with Gasteiger partial charge in [-0.1, -0.05) is 64.1 Å². The fourth-order valence-electron chi connectivity index (χ4n) is 5.57. The number of carbonyl (C=O) groups is 1. The number of nitrogens with one attached hydrogen (secondary N) is 1. The molecular weight excluding hydrogens is 442 g/mol. The second-order valence-corrected chi connectivity index (χ2v) is 11.2. The maximum absolute atomic E-state index is 12.8. The van der Waals surface area contributed by atoms with E-state index < -0.39 is 5.41 Å². The van der Waals surface area contributed by atoms with Crippen molar-refractivity contribution >= 4 is 22.4 Å². The van der Waals surface area contributed by atoms with Crippen molar-refractivity contribution in [3.05, 3.63) is 65.4 Å². The third-order valence-electron chi connectivity index (χ3n) is 8.43. The summed E-state index contributed by atoms with van der Waals surface area (Å²) in [5, 5.41) is 10.7. The smallest absolute Gasteiger partial charge is 0.243 e. The zero-order valence-electron chi connectivity index (χ0n) is 22.7. The Balaban J connectivity index is 1.63. The molecule has 1 aliphatic carbocycles. The predicted octanol–water partition coefficient (Wildman–Crippen LogP) is 7.86. The number of H-pyrrole nitrogens is 1. The number of aromatic amines is 1. The Morgan fingerprint density at radius 2 is 1.97 bits per heavy atom. The average molecular weight is 484 g/mol. The van der Waals surface area contributed by atoms with Gasteiger partial charge in [-0.2, -0.15) is 5.26 Å². The van der Waals surface area contributed by atoms with Crippen molar-refractivity contribution in [2.45, 2.75) is 78.6 Å². The zero-order chi connectivity index (χ0) is 26.0. The molecule has 1 amide bonds. The molecule has 4 heteroatoms. The number of nitriles is 1. The maximum atomic E-state index is 12.8. The maximum Gasteiger partial charge on any atom is 0.243 e. The molecular formula is C32H41N3O. The summed E-state index contributed by atoms with van der Waals surface area (Å²) in [5.74, 6) is 1.40. The highest BCUT2D eigenvalue weighted by Crippen LogP contribution is 2.47. The van der Waals surface area contributed by atoms with Gasteiger partial charge in [0.25, 0.3) is 0 Å². The normalized spacial score (nSPS) is 19.4. The Morgan fingerprint density at radius 1 is 1.28 bits per heavy atom. The van der Waals surface area contributed by atoms with E-state index in [-0.39, 0.29) is 5.91 Å². The lowest BCUT2D eigenvalue weighted by Crippen LogP contribution is -2.41. The van der Waals surface area contributed by atoms with Crippen LogP contribution in [0.1, 0.15) is 95.4 Å². The molecule has 2 aliphatic rings. The lowest BCUT2D eigenvalue weighted by Gasteiger charge is -2.33. The van der Waals surface area contributed by atoms with Crippen LogP contribution in [0.2, 0.25) is 0 Å². The summed E-state index contributed by atoms with van der Waals surface area (Å²) in [7, 11) is 0. The van der Waals surface area contributed by atoms with Gasteiger partial charge in [-0.25, -0.2) is 0 Å². The summed E-state index contributed by atoms with van der Waals surface area (Å²) in [4.78, 5) is 18.4. The van der Waals surface area contributed by atoms with Crippen molar-refractivity contribution in [3.63, 3.8) is 0 Å². The molecule has 4 nitrogen and oxygen atoms in total. The molecule has 1 saturated heterocycles. The predicted molar refractivity (Wildman–Crippen MR) is 150 cm³/mol. The van der Waals surface area contributed by atoms with Crippen molar-refractivity contribution in [1.82, 2.24) is 9.88 Å². The molecule has 1 N–H and O–H groups in total. The number of aromatic nitrogens is 1. The van der Waals surface area contributed by atoms with Crippen LogP contribution in [-0.4, -0.2) is 28.9 Å². The fraction of sp³-hybridized carbons (Fsp3) is 0.500. The molecule has 1 aliphatic heterocycles. The number of likely N-dealkylation sites (tertiary alicyclic amines) is 1. The van der Waals surface area contributed by atoms with E-state index in [4.69, 9.17) is 0 Å². The van der Waals surface area contributed by atoms with Crippen molar-refractivity contribution in [2.24, 2.45) is 11.3 Å². The Bertz CT molecular complexity index is 1240. The second kappa shape index (κ2) is 10.5. The van der Waals surface area contributed by atoms with Crippen LogP contribution in [0.5, 0.6) is 0 Å². The second-order valence-electron chi connectivity index (χ2n) is 11.2. The van der Waals surface area contributed by atoms with Gasteiger partial charge in [0, 0.05) is 29.7 Å². The summed E-state index contributed by atoms with van der Waals surface area (Å²) in [6, 6.07) is 9.12. The summed E-state index contributed by atoms with van der Waals surface area (Å²) in [6.45, 7) is 16.7. The third kappa shape index (κ3) is 4.94. The molecule has 190 valence electrons. The quantitative estimate of drug-likeness (QED) is 0.388. The van der Waals surface area contributed by atoms with Crippen molar-refractivity contribution in [2.75, 3.05) is 13.1 Å². The number of rotatable bonds is 8. The summed E-state index contributed by atoms with van der Waals surface area (Å²) in [6.07, 6.45) is 10.8. The average Bonchev–Trinajstić information content (AvgIpc) is 3.60. The molecule has 36 heavy (non-hydrogen) atoms. The molecule has 1 aromatic carbocycles. The standard InChI is InChI=1S/C32H41N3O/c1-7-9-26(18-23(6)22(5)8-2)30-29(21(3)4)27-19-25(10-11-28(27)34-30)24-12-16-35(17-13-24)31(36)32(20-33)14-15-32/h7,9-11,18-19,21-22,24,34H,1,8,12-17H2,2-6H3/b23-18-,26-9+. The van der Waals surface area contributed by atoms with Crippen LogP contribution in [0.4, 0.5) is 0 Å². The van der Waals surface area contributed by atoms with Gasteiger partial charge in [0.15, 0.2) is 0 Å². The summed E-state index contributed by atoms with van der Waals surface area (Å²) >= 11 is 0. The van der Waals surface area contributed by atoms with Gasteiger partial charge in [-0.15, -0.1) is 0 Å². The van der Waals surface area contributed by atoms with Crippen LogP contribution in [0.15, 0.2) is 48.6 Å². The third-order valence-corrected chi connectivity index (χ3v) is 8.43. The SMILES string of the molecule is C=C/C=C(\C=C(\C)C(C)CC)c1[nH]c2ccc(C3CCN(C(=O)C4(C#N)CC4)CC3)cc2c1C(C)C. The fourth-order valence-corrected chi connectivity index (χ4v) is 5.57. The molecule has 0 spiro atoms. The van der Waals surface area contributed by atoms with Gasteiger partial charge < -0.3 is 9.88 Å². The lowest BCUT2D eigenvalue weighted by atomic mass is 9.87. The topological polar surface area (TPSA) is 59.9 Å². The van der Waals surface area contributed by atoms with Gasteiger partial charge in [0.05, 0.1) is 6.07 Å². The van der Waals surface area contributed by atoms with E-state index in [2.05, 4.69) is 82.6 Å². The number of hydrogen-bond donors (Lipinski definition) is 1. The van der Waals surface area contributed by atoms with Crippen molar-refractivity contribution < 1.29 is 4.79 Å². The first-order chi connectivity index (χ1) is 17.2. The van der Waals surface area contributed by atoms with Crippen LogP contribution in [-0.2, 0) is 4.79 Å². The van der Waals surface area contributed by atoms with Crippen LogP contribution in [0.25, 0.3) is 16.5 Å². The van der Waals surface area contributed by atoms with Crippen molar-refractivity contribution in [3.8, 4) is 6.07 Å². The molecule has 2 fully saturated rings. The highest BCUT2D eigenvalue weighted by Gasteiger charge is 2.52. The van der Waals surface area contributed by atoms with Crippen molar-refractivity contribution in [1.29, 1.82) is 5.26 Å². The first-order valence-electron chi connectivity index (χ1n) is 13.6. The Kier molecular flexibility index (Phi) is 7.59. The molecule has 1 unspecified atom stereocenters. The molecule has 1 atom stereocenters. The molecule has 2 aromatic rings. The van der Waals surface area contributed by atoms with E-state index in [1.807, 2.05) is 11.0 Å². The largest absolute Gasteiger partial charge is 0.354 e. The monoisotopic (exact) mass is 483 g/mol. The van der Waals surface area contributed by atoms with E-state index in [0.29, 0.717) is 17.8 Å². The summed E-state index contributed by atoms with van der Waals surface area (Å²) < 4.78 is 0. The van der Waals surface area contributed by atoms with E-state index in [1.165, 1.54) is 38.9 Å². The van der Waals surface area contributed by atoms with Crippen LogP contribution in [0.3, 0.4) is 0 Å². The van der Waals surface area contributed by atoms with E-state index in [0.717, 1.165) is 45.2 Å². The molecule has 1 saturated carbocycles. The molecule has 4 rings (SSSR count). The van der Waals surface area contributed by atoms with Crippen LogP contribution >= 0.6 is 0 Å². The highest BCUT2D eigenvalue weighted by atomic mass is 16.2. The number of benzene rings is 1. The minimum Gasteiger partial charge on any atom is -0.354 e. The zero-order valence-corrected chi connectivity index (χ0v) is 22.7. The molecule has 0 bridgehead atoms. The number of carbonyl (C=O) groups excluding carboxylic acids is 1. The van der Waals surface area contributed by atoms with Gasteiger partial charge in [0.2, 0.25) is 5.91 Å². The van der Waals surface area contributed by atoms with Gasteiger partial charge in [-0.3, -0.25) is 4.79 Å². The van der Waals surface area contributed by atoms with Gasteiger partial charge >= 0.3 is 0 Å². The minimum absolute atomic E-state index is 0.0542. The van der Waals surface area contributed by atoms with E-state index in [9.17, 15) is 10.1 Å². The summed E-state index contributed by atoms with van der Waals surface area (Å²) in [5.41, 5.74) is 6.91. The Morgan fingerprint density at radius 3 is 2.53 bits per heavy atom.